The van der Waals surface area contributed by atoms with Gasteiger partial charge in [0.25, 0.3) is 0 Å². The van der Waals surface area contributed by atoms with E-state index in [-0.39, 0.29) is 18.1 Å². The predicted molar refractivity (Wildman–Crippen MR) is 134 cm³/mol. The standard InChI is InChI=1S/C27H31FN2O2S/c1-18-24(15-19-6-9-22(10-7-19)33(3)32)23-11-8-20(28)16-26(23)25(18)17-27(31)29-13-12-21-5-4-14-30(21)2/h6-11,15-16,21H,4-5,12-14,17H2,1-3H3,(H,29,31). The van der Waals surface area contributed by atoms with Crippen LogP contribution in [0.2, 0.25) is 0 Å². The van der Waals surface area contributed by atoms with Crippen molar-refractivity contribution < 1.29 is 13.4 Å². The molecule has 2 aromatic carbocycles. The number of likely N-dealkylation sites (tertiary alicyclic amines) is 1. The van der Waals surface area contributed by atoms with Crippen molar-refractivity contribution in [3.8, 4) is 0 Å². The van der Waals surface area contributed by atoms with Crippen molar-refractivity contribution in [1.29, 1.82) is 0 Å². The molecule has 2 aliphatic rings. The van der Waals surface area contributed by atoms with E-state index >= 15 is 0 Å². The van der Waals surface area contributed by atoms with Crippen LogP contribution >= 0.6 is 0 Å². The maximum Gasteiger partial charge on any atom is 0.224 e. The zero-order valence-electron chi connectivity index (χ0n) is 19.5. The van der Waals surface area contributed by atoms with Gasteiger partial charge >= 0.3 is 0 Å². The van der Waals surface area contributed by atoms with Gasteiger partial charge in [0.1, 0.15) is 5.82 Å². The van der Waals surface area contributed by atoms with Gasteiger partial charge in [0.05, 0.1) is 6.42 Å². The Bertz CT molecular complexity index is 1140. The normalized spacial score (nSPS) is 20.4. The van der Waals surface area contributed by atoms with Crippen LogP contribution in [-0.2, 0) is 15.6 Å². The Morgan fingerprint density at radius 1 is 1.21 bits per heavy atom. The van der Waals surface area contributed by atoms with Crippen LogP contribution in [0.25, 0.3) is 17.2 Å². The number of allylic oxidation sites excluding steroid dienone is 2. The molecule has 0 radical (unpaired) electrons. The first-order valence-electron chi connectivity index (χ1n) is 11.5. The Labute approximate surface area is 198 Å². The van der Waals surface area contributed by atoms with Gasteiger partial charge in [-0.05, 0) is 104 Å². The van der Waals surface area contributed by atoms with E-state index in [2.05, 4.69) is 23.3 Å². The number of carbonyl (C=O) groups is 1. The molecule has 2 atom stereocenters. The summed E-state index contributed by atoms with van der Waals surface area (Å²) in [6.45, 7) is 3.78. The zero-order chi connectivity index (χ0) is 23.5. The van der Waals surface area contributed by atoms with Gasteiger partial charge in [-0.15, -0.1) is 0 Å². The Hall–Kier alpha value is -2.57. The van der Waals surface area contributed by atoms with Gasteiger partial charge in [0.15, 0.2) is 0 Å². The van der Waals surface area contributed by atoms with Crippen LogP contribution in [0, 0.1) is 5.82 Å². The molecule has 0 bridgehead atoms. The van der Waals surface area contributed by atoms with Gasteiger partial charge in [0.2, 0.25) is 5.91 Å². The maximum atomic E-state index is 14.1. The topological polar surface area (TPSA) is 49.4 Å². The smallest absolute Gasteiger partial charge is 0.224 e. The summed E-state index contributed by atoms with van der Waals surface area (Å²) in [6, 6.07) is 12.9. The molecule has 1 N–H and O–H groups in total. The molecule has 6 heteroatoms. The van der Waals surface area contributed by atoms with Crippen molar-refractivity contribution in [3.05, 3.63) is 70.5 Å². The number of fused-ring (bicyclic) bond motifs is 1. The highest BCUT2D eigenvalue weighted by Crippen LogP contribution is 2.43. The predicted octanol–water partition coefficient (Wildman–Crippen LogP) is 4.88. The second-order valence-corrected chi connectivity index (χ2v) is 10.3. The van der Waals surface area contributed by atoms with Crippen LogP contribution in [0.1, 0.15) is 49.3 Å². The first-order chi connectivity index (χ1) is 15.8. The molecule has 1 fully saturated rings. The minimum Gasteiger partial charge on any atom is -0.356 e. The lowest BCUT2D eigenvalue weighted by Gasteiger charge is -2.19. The molecule has 1 aliphatic carbocycles. The zero-order valence-corrected chi connectivity index (χ0v) is 20.3. The molecule has 1 amide bonds. The molecule has 174 valence electrons. The third-order valence-electron chi connectivity index (χ3n) is 6.79. The summed E-state index contributed by atoms with van der Waals surface area (Å²) in [5.41, 5.74) is 5.55. The van der Waals surface area contributed by atoms with E-state index in [1.807, 2.05) is 31.2 Å². The molecular formula is C27H31FN2O2S. The minimum atomic E-state index is -1.02. The number of nitrogens with zero attached hydrogens (tertiary/aromatic N) is 1. The fraction of sp³-hybridized carbons (Fsp3) is 0.370. The molecule has 33 heavy (non-hydrogen) atoms. The number of nitrogens with one attached hydrogen (secondary N) is 1. The maximum absolute atomic E-state index is 14.1. The number of amides is 1. The molecular weight excluding hydrogens is 435 g/mol. The summed E-state index contributed by atoms with van der Waals surface area (Å²) >= 11 is 0. The van der Waals surface area contributed by atoms with Gasteiger partial charge in [-0.2, -0.15) is 0 Å². The lowest BCUT2D eigenvalue weighted by atomic mass is 10.0. The Balaban J connectivity index is 1.53. The summed E-state index contributed by atoms with van der Waals surface area (Å²) in [4.78, 5) is 15.9. The van der Waals surface area contributed by atoms with E-state index in [1.54, 1.807) is 12.3 Å². The molecule has 2 aromatic rings. The van der Waals surface area contributed by atoms with Crippen LogP contribution < -0.4 is 5.32 Å². The lowest BCUT2D eigenvalue weighted by molar-refractivity contribution is -0.120. The Kier molecular flexibility index (Phi) is 7.25. The number of hydrogen-bond acceptors (Lipinski definition) is 3. The molecule has 4 rings (SSSR count). The molecule has 0 aromatic heterocycles. The second-order valence-electron chi connectivity index (χ2n) is 8.97. The van der Waals surface area contributed by atoms with Gasteiger partial charge in [0, 0.05) is 34.5 Å². The average molecular weight is 467 g/mol. The van der Waals surface area contributed by atoms with E-state index in [1.165, 1.54) is 25.0 Å². The van der Waals surface area contributed by atoms with Crippen LogP contribution in [-0.4, -0.2) is 47.5 Å². The summed E-state index contributed by atoms with van der Waals surface area (Å²) in [6.07, 6.45) is 7.30. The third kappa shape index (κ3) is 5.33. The van der Waals surface area contributed by atoms with Crippen molar-refractivity contribution in [1.82, 2.24) is 10.2 Å². The minimum absolute atomic E-state index is 0.0313. The molecule has 1 saturated heterocycles. The van der Waals surface area contributed by atoms with Crippen LogP contribution in [0.15, 0.2) is 52.9 Å². The fourth-order valence-corrected chi connectivity index (χ4v) is 5.37. The van der Waals surface area contributed by atoms with E-state index in [0.717, 1.165) is 51.3 Å². The Morgan fingerprint density at radius 2 is 1.97 bits per heavy atom. The highest BCUT2D eigenvalue weighted by Gasteiger charge is 2.26. The van der Waals surface area contributed by atoms with E-state index in [9.17, 15) is 13.4 Å². The number of benzene rings is 2. The first-order valence-corrected chi connectivity index (χ1v) is 13.0. The number of carbonyl (C=O) groups excluding carboxylic acids is 1. The number of halogens is 1. The molecule has 2 unspecified atom stereocenters. The fourth-order valence-electron chi connectivity index (χ4n) is 4.85. The summed E-state index contributed by atoms with van der Waals surface area (Å²) in [5, 5.41) is 3.06. The van der Waals surface area contributed by atoms with Crippen molar-refractivity contribution in [2.75, 3.05) is 26.4 Å². The van der Waals surface area contributed by atoms with Crippen LogP contribution in [0.4, 0.5) is 4.39 Å². The summed E-state index contributed by atoms with van der Waals surface area (Å²) < 4.78 is 25.8. The highest BCUT2D eigenvalue weighted by molar-refractivity contribution is 7.84. The van der Waals surface area contributed by atoms with Gasteiger partial charge in [-0.1, -0.05) is 18.2 Å². The average Bonchev–Trinajstić information content (AvgIpc) is 3.30. The van der Waals surface area contributed by atoms with Crippen molar-refractivity contribution in [2.45, 2.75) is 43.5 Å². The van der Waals surface area contributed by atoms with E-state index in [4.69, 9.17) is 0 Å². The van der Waals surface area contributed by atoms with Gasteiger partial charge < -0.3 is 10.2 Å². The number of hydrogen-bond donors (Lipinski definition) is 1. The highest BCUT2D eigenvalue weighted by atomic mass is 32.2. The van der Waals surface area contributed by atoms with Crippen molar-refractivity contribution in [2.24, 2.45) is 0 Å². The summed E-state index contributed by atoms with van der Waals surface area (Å²) in [5.74, 6) is -0.337. The largest absolute Gasteiger partial charge is 0.356 e. The molecule has 0 saturated carbocycles. The SMILES string of the molecule is CC1=C(CC(=O)NCCC2CCCN2C)c2cc(F)ccc2C1=Cc1ccc(S(C)=O)cc1. The van der Waals surface area contributed by atoms with E-state index < -0.39 is 10.8 Å². The monoisotopic (exact) mass is 466 g/mol. The van der Waals surface area contributed by atoms with E-state index in [0.29, 0.717) is 12.6 Å². The molecule has 1 heterocycles. The third-order valence-corrected chi connectivity index (χ3v) is 7.72. The second kappa shape index (κ2) is 10.1. The van der Waals surface area contributed by atoms with Crippen molar-refractivity contribution in [3.63, 3.8) is 0 Å². The summed E-state index contributed by atoms with van der Waals surface area (Å²) in [7, 11) is 1.12. The quantitative estimate of drug-likeness (QED) is 0.633. The van der Waals surface area contributed by atoms with Crippen LogP contribution in [0.3, 0.4) is 0 Å². The van der Waals surface area contributed by atoms with Gasteiger partial charge in [-0.25, -0.2) is 4.39 Å². The number of rotatable bonds is 7. The first kappa shape index (κ1) is 23.6. The van der Waals surface area contributed by atoms with Crippen LogP contribution in [0.5, 0.6) is 0 Å². The lowest BCUT2D eigenvalue weighted by Crippen LogP contribution is -2.31. The van der Waals surface area contributed by atoms with Gasteiger partial charge in [-0.3, -0.25) is 9.00 Å². The Morgan fingerprint density at radius 3 is 2.64 bits per heavy atom. The molecule has 4 nitrogen and oxygen atoms in total. The molecule has 0 spiro atoms. The van der Waals surface area contributed by atoms with Crippen molar-refractivity contribution >= 4 is 33.9 Å². The molecule has 1 aliphatic heterocycles.